The molecule has 0 unspecified atom stereocenters. The lowest BCUT2D eigenvalue weighted by Crippen LogP contribution is -2.49. The second-order valence-corrected chi connectivity index (χ2v) is 7.80. The fourth-order valence-corrected chi connectivity index (χ4v) is 5.10. The van der Waals surface area contributed by atoms with Gasteiger partial charge in [0.2, 0.25) is 0 Å². The van der Waals surface area contributed by atoms with Crippen LogP contribution in [0, 0.1) is 0 Å². The first-order valence-corrected chi connectivity index (χ1v) is 10.5. The van der Waals surface area contributed by atoms with Crippen molar-refractivity contribution >= 4 is 0 Å². The number of rotatable bonds is 4. The van der Waals surface area contributed by atoms with Crippen LogP contribution in [0.5, 0.6) is 0 Å². The molecule has 0 aliphatic heterocycles. The second kappa shape index (κ2) is 7.65. The van der Waals surface area contributed by atoms with Gasteiger partial charge in [-0.25, -0.2) is 0 Å². The summed E-state index contributed by atoms with van der Waals surface area (Å²) in [4.78, 5) is 0. The van der Waals surface area contributed by atoms with Gasteiger partial charge in [0, 0.05) is 0 Å². The molecule has 5 rings (SSSR count). The van der Waals surface area contributed by atoms with Crippen LogP contribution in [0.2, 0.25) is 0 Å². The molecule has 0 amide bonds. The van der Waals surface area contributed by atoms with Crippen molar-refractivity contribution < 1.29 is 0 Å². The highest BCUT2D eigenvalue weighted by Gasteiger charge is 2.53. The fourth-order valence-electron chi connectivity index (χ4n) is 5.10. The molecular weight excluding hydrogens is 360 g/mol. The van der Waals surface area contributed by atoms with Crippen molar-refractivity contribution in [3.63, 3.8) is 0 Å². The predicted molar refractivity (Wildman–Crippen MR) is 126 cm³/mol. The maximum absolute atomic E-state index is 2.39. The molecule has 30 heavy (non-hydrogen) atoms. The zero-order valence-corrected chi connectivity index (χ0v) is 16.9. The summed E-state index contributed by atoms with van der Waals surface area (Å²) in [7, 11) is 0. The van der Waals surface area contributed by atoms with Gasteiger partial charge < -0.3 is 0 Å². The Kier molecular flexibility index (Phi) is 4.69. The van der Waals surface area contributed by atoms with E-state index in [-0.39, 0.29) is 10.8 Å². The van der Waals surface area contributed by atoms with Crippen LogP contribution in [-0.2, 0) is 10.8 Å². The van der Waals surface area contributed by atoms with Crippen LogP contribution in [0.15, 0.2) is 146 Å². The summed E-state index contributed by atoms with van der Waals surface area (Å²) >= 11 is 0. The van der Waals surface area contributed by atoms with Gasteiger partial charge in [-0.15, -0.1) is 0 Å². The average Bonchev–Trinajstić information content (AvgIpc) is 2.86. The van der Waals surface area contributed by atoms with Crippen molar-refractivity contribution in [1.82, 2.24) is 0 Å². The van der Waals surface area contributed by atoms with E-state index in [2.05, 4.69) is 146 Å². The lowest BCUT2D eigenvalue weighted by molar-refractivity contribution is 0.443. The minimum atomic E-state index is -0.382. The summed E-state index contributed by atoms with van der Waals surface area (Å²) < 4.78 is 0. The third-order valence-electron chi connectivity index (χ3n) is 6.34. The smallest absolute Gasteiger partial charge is 0.0557 e. The minimum absolute atomic E-state index is 0.382. The van der Waals surface area contributed by atoms with E-state index in [0.717, 1.165) is 0 Å². The predicted octanol–water partition coefficient (Wildman–Crippen LogP) is 7.09. The standard InChI is InChI=1S/C30H24/c1-5-15-25(16-6-1)29(26-17-7-2-8-18-26)23-13-14-24-30(29,27-19-9-3-10-20-27)28-21-11-4-12-22-28/h1-24H. The minimum Gasteiger partial charge on any atom is -0.0681 e. The van der Waals surface area contributed by atoms with Gasteiger partial charge >= 0.3 is 0 Å². The summed E-state index contributed by atoms with van der Waals surface area (Å²) in [5, 5.41) is 0. The van der Waals surface area contributed by atoms with Gasteiger partial charge in [0.15, 0.2) is 0 Å². The highest BCUT2D eigenvalue weighted by Crippen LogP contribution is 2.56. The fraction of sp³-hybridized carbons (Fsp3) is 0.0667. The Bertz CT molecular complexity index is 978. The molecule has 0 heterocycles. The van der Waals surface area contributed by atoms with Crippen LogP contribution in [0.4, 0.5) is 0 Å². The molecule has 0 radical (unpaired) electrons. The number of allylic oxidation sites excluding steroid dienone is 4. The molecule has 0 atom stereocenters. The van der Waals surface area contributed by atoms with Crippen LogP contribution < -0.4 is 0 Å². The van der Waals surface area contributed by atoms with Crippen LogP contribution in [0.1, 0.15) is 22.3 Å². The third-order valence-corrected chi connectivity index (χ3v) is 6.34. The number of hydrogen-bond donors (Lipinski definition) is 0. The molecule has 0 heteroatoms. The summed E-state index contributed by atoms with van der Waals surface area (Å²) in [6.45, 7) is 0. The quantitative estimate of drug-likeness (QED) is 0.352. The van der Waals surface area contributed by atoms with Crippen molar-refractivity contribution in [2.24, 2.45) is 0 Å². The normalized spacial score (nSPS) is 16.3. The molecule has 4 aromatic rings. The van der Waals surface area contributed by atoms with E-state index < -0.39 is 0 Å². The van der Waals surface area contributed by atoms with E-state index in [1.165, 1.54) is 22.3 Å². The monoisotopic (exact) mass is 384 g/mol. The van der Waals surface area contributed by atoms with Gasteiger partial charge in [-0.1, -0.05) is 146 Å². The Morgan fingerprint density at radius 2 is 0.533 bits per heavy atom. The number of benzene rings is 4. The van der Waals surface area contributed by atoms with Gasteiger partial charge in [0.1, 0.15) is 0 Å². The van der Waals surface area contributed by atoms with E-state index in [9.17, 15) is 0 Å². The average molecular weight is 385 g/mol. The lowest BCUT2D eigenvalue weighted by Gasteiger charge is -2.51. The molecule has 0 fully saturated rings. The largest absolute Gasteiger partial charge is 0.0681 e. The van der Waals surface area contributed by atoms with Crippen molar-refractivity contribution in [1.29, 1.82) is 0 Å². The summed E-state index contributed by atoms with van der Waals surface area (Å²) in [6.07, 6.45) is 9.17. The molecule has 144 valence electrons. The SMILES string of the molecule is C1=CC(c2ccccc2)(c2ccccc2)C(c2ccccc2)(c2ccccc2)C=C1. The van der Waals surface area contributed by atoms with Crippen LogP contribution in [-0.4, -0.2) is 0 Å². The maximum Gasteiger partial charge on any atom is 0.0557 e. The Hall–Kier alpha value is -3.64. The van der Waals surface area contributed by atoms with Crippen molar-refractivity contribution in [2.75, 3.05) is 0 Å². The third kappa shape index (κ3) is 2.69. The summed E-state index contributed by atoms with van der Waals surface area (Å²) in [5.74, 6) is 0. The first-order chi connectivity index (χ1) is 14.9. The van der Waals surface area contributed by atoms with E-state index in [1.54, 1.807) is 0 Å². The molecule has 0 saturated heterocycles. The van der Waals surface area contributed by atoms with Gasteiger partial charge in [-0.3, -0.25) is 0 Å². The Labute approximate surface area is 178 Å². The lowest BCUT2D eigenvalue weighted by atomic mass is 9.50. The van der Waals surface area contributed by atoms with Gasteiger partial charge in [0.25, 0.3) is 0 Å². The van der Waals surface area contributed by atoms with E-state index in [1.807, 2.05) is 0 Å². The van der Waals surface area contributed by atoms with Crippen LogP contribution in [0.3, 0.4) is 0 Å². The van der Waals surface area contributed by atoms with E-state index in [4.69, 9.17) is 0 Å². The zero-order valence-electron chi connectivity index (χ0n) is 16.9. The van der Waals surface area contributed by atoms with Crippen molar-refractivity contribution in [2.45, 2.75) is 10.8 Å². The number of hydrogen-bond acceptors (Lipinski definition) is 0. The molecular formula is C30H24. The first kappa shape index (κ1) is 18.4. The van der Waals surface area contributed by atoms with Crippen molar-refractivity contribution in [3.8, 4) is 0 Å². The highest BCUT2D eigenvalue weighted by molar-refractivity contribution is 5.63. The van der Waals surface area contributed by atoms with Gasteiger partial charge in [0.05, 0.1) is 10.8 Å². The van der Waals surface area contributed by atoms with Crippen molar-refractivity contribution in [3.05, 3.63) is 168 Å². The van der Waals surface area contributed by atoms with E-state index in [0.29, 0.717) is 0 Å². The van der Waals surface area contributed by atoms with Crippen LogP contribution >= 0.6 is 0 Å². The molecule has 0 spiro atoms. The molecule has 0 saturated carbocycles. The van der Waals surface area contributed by atoms with Gasteiger partial charge in [-0.2, -0.15) is 0 Å². The molecule has 1 aliphatic carbocycles. The highest BCUT2D eigenvalue weighted by atomic mass is 14.5. The summed E-state index contributed by atoms with van der Waals surface area (Å²) in [5.41, 5.74) is 4.36. The second-order valence-electron chi connectivity index (χ2n) is 7.80. The Morgan fingerprint density at radius 1 is 0.300 bits per heavy atom. The topological polar surface area (TPSA) is 0 Å². The van der Waals surface area contributed by atoms with Gasteiger partial charge in [-0.05, 0) is 22.3 Å². The van der Waals surface area contributed by atoms with E-state index >= 15 is 0 Å². The molecule has 1 aliphatic rings. The molecule has 0 bridgehead atoms. The molecule has 0 nitrogen and oxygen atoms in total. The zero-order chi connectivity index (χ0) is 20.3. The maximum atomic E-state index is 2.39. The molecule has 0 N–H and O–H groups in total. The first-order valence-electron chi connectivity index (χ1n) is 10.5. The Balaban J connectivity index is 1.95. The van der Waals surface area contributed by atoms with Crippen LogP contribution in [0.25, 0.3) is 0 Å². The molecule has 4 aromatic carbocycles. The summed E-state index contributed by atoms with van der Waals surface area (Å²) in [6, 6.07) is 43.6. The molecule has 0 aromatic heterocycles. The Morgan fingerprint density at radius 3 is 0.767 bits per heavy atom.